The number of aryl methyl sites for hydroxylation is 2. The number of para-hydroxylation sites is 1. The van der Waals surface area contributed by atoms with E-state index in [9.17, 15) is 4.79 Å². The van der Waals surface area contributed by atoms with E-state index in [1.807, 2.05) is 43.3 Å². The first-order valence-corrected chi connectivity index (χ1v) is 8.23. The SMILES string of the molecule is Cc1ccc2c(CC(=O)Nc3cccc4cccnc34)coc2c1C. The van der Waals surface area contributed by atoms with E-state index >= 15 is 0 Å². The van der Waals surface area contributed by atoms with E-state index in [-0.39, 0.29) is 12.3 Å². The van der Waals surface area contributed by atoms with Gasteiger partial charge in [-0.25, -0.2) is 0 Å². The van der Waals surface area contributed by atoms with Gasteiger partial charge in [-0.15, -0.1) is 0 Å². The highest BCUT2D eigenvalue weighted by atomic mass is 16.3. The fourth-order valence-electron chi connectivity index (χ4n) is 3.10. The summed E-state index contributed by atoms with van der Waals surface area (Å²) in [5, 5.41) is 4.97. The third kappa shape index (κ3) is 2.76. The Morgan fingerprint density at radius 2 is 1.96 bits per heavy atom. The number of carbonyl (C=O) groups is 1. The molecule has 4 nitrogen and oxygen atoms in total. The molecule has 1 amide bonds. The van der Waals surface area contributed by atoms with Crippen molar-refractivity contribution in [2.75, 3.05) is 5.32 Å². The largest absolute Gasteiger partial charge is 0.464 e. The summed E-state index contributed by atoms with van der Waals surface area (Å²) in [5.41, 5.74) is 5.56. The van der Waals surface area contributed by atoms with Gasteiger partial charge < -0.3 is 9.73 Å². The number of amides is 1. The monoisotopic (exact) mass is 330 g/mol. The molecule has 0 atom stereocenters. The van der Waals surface area contributed by atoms with Crippen molar-refractivity contribution in [1.29, 1.82) is 0 Å². The van der Waals surface area contributed by atoms with Gasteiger partial charge in [0, 0.05) is 22.5 Å². The van der Waals surface area contributed by atoms with Gasteiger partial charge >= 0.3 is 0 Å². The molecule has 0 fully saturated rings. The van der Waals surface area contributed by atoms with Gasteiger partial charge in [-0.1, -0.05) is 30.3 Å². The van der Waals surface area contributed by atoms with Gasteiger partial charge in [-0.05, 0) is 37.1 Å². The normalized spacial score (nSPS) is 11.1. The summed E-state index contributed by atoms with van der Waals surface area (Å²) in [7, 11) is 0. The molecule has 0 radical (unpaired) electrons. The summed E-state index contributed by atoms with van der Waals surface area (Å²) in [4.78, 5) is 16.9. The topological polar surface area (TPSA) is 55.1 Å². The summed E-state index contributed by atoms with van der Waals surface area (Å²) in [6.07, 6.45) is 3.67. The Morgan fingerprint density at radius 1 is 1.12 bits per heavy atom. The molecule has 4 rings (SSSR count). The Balaban J connectivity index is 1.61. The fourth-order valence-corrected chi connectivity index (χ4v) is 3.10. The number of nitrogens with zero attached hydrogens (tertiary/aromatic N) is 1. The van der Waals surface area contributed by atoms with Crippen LogP contribution in [0.4, 0.5) is 5.69 Å². The van der Waals surface area contributed by atoms with Crippen LogP contribution in [0.15, 0.2) is 59.3 Å². The van der Waals surface area contributed by atoms with Crippen molar-refractivity contribution < 1.29 is 9.21 Å². The third-order valence-electron chi connectivity index (χ3n) is 4.60. The molecule has 25 heavy (non-hydrogen) atoms. The molecule has 0 aliphatic heterocycles. The minimum atomic E-state index is -0.0842. The average Bonchev–Trinajstić information content (AvgIpc) is 3.02. The number of aromatic nitrogens is 1. The van der Waals surface area contributed by atoms with Gasteiger partial charge in [-0.3, -0.25) is 9.78 Å². The van der Waals surface area contributed by atoms with E-state index in [2.05, 4.69) is 23.3 Å². The van der Waals surface area contributed by atoms with Gasteiger partial charge in [0.2, 0.25) is 5.91 Å². The standard InChI is InChI=1S/C21H18N2O2/c1-13-8-9-17-16(12-25-21(17)14(13)2)11-19(24)23-18-7-3-5-15-6-4-10-22-20(15)18/h3-10,12H,11H2,1-2H3,(H,23,24). The van der Waals surface area contributed by atoms with Crippen LogP contribution in [0.2, 0.25) is 0 Å². The summed E-state index contributed by atoms with van der Waals surface area (Å²) in [6.45, 7) is 4.09. The number of pyridine rings is 1. The first kappa shape index (κ1) is 15.4. The Kier molecular flexibility index (Phi) is 3.73. The molecular weight excluding hydrogens is 312 g/mol. The molecule has 2 heterocycles. The van der Waals surface area contributed by atoms with Crippen molar-refractivity contribution in [1.82, 2.24) is 4.98 Å². The van der Waals surface area contributed by atoms with Crippen molar-refractivity contribution in [2.24, 2.45) is 0 Å². The van der Waals surface area contributed by atoms with Crippen LogP contribution in [0.25, 0.3) is 21.9 Å². The van der Waals surface area contributed by atoms with Gasteiger partial charge in [0.15, 0.2) is 0 Å². The Morgan fingerprint density at radius 3 is 2.84 bits per heavy atom. The van der Waals surface area contributed by atoms with Crippen molar-refractivity contribution in [3.8, 4) is 0 Å². The molecule has 2 aromatic heterocycles. The highest BCUT2D eigenvalue weighted by Gasteiger charge is 2.14. The molecule has 1 N–H and O–H groups in total. The highest BCUT2D eigenvalue weighted by Crippen LogP contribution is 2.27. The number of hydrogen-bond acceptors (Lipinski definition) is 3. The number of rotatable bonds is 3. The molecule has 0 spiro atoms. The molecule has 0 unspecified atom stereocenters. The third-order valence-corrected chi connectivity index (χ3v) is 4.60. The molecule has 0 aliphatic rings. The van der Waals surface area contributed by atoms with Crippen LogP contribution in [-0.4, -0.2) is 10.9 Å². The minimum Gasteiger partial charge on any atom is -0.464 e. The minimum absolute atomic E-state index is 0.0842. The molecule has 0 aliphatic carbocycles. The molecular formula is C21H18N2O2. The summed E-state index contributed by atoms with van der Waals surface area (Å²) >= 11 is 0. The second-order valence-electron chi connectivity index (χ2n) is 6.25. The zero-order chi connectivity index (χ0) is 17.4. The zero-order valence-electron chi connectivity index (χ0n) is 14.2. The lowest BCUT2D eigenvalue weighted by molar-refractivity contribution is -0.115. The van der Waals surface area contributed by atoms with E-state index < -0.39 is 0 Å². The Hall–Kier alpha value is -3.14. The fraction of sp³-hybridized carbons (Fsp3) is 0.143. The van der Waals surface area contributed by atoms with Crippen LogP contribution in [-0.2, 0) is 11.2 Å². The van der Waals surface area contributed by atoms with Crippen molar-refractivity contribution in [3.05, 3.63) is 71.6 Å². The lowest BCUT2D eigenvalue weighted by Gasteiger charge is -2.07. The number of furan rings is 1. The Labute approximate surface area is 145 Å². The summed E-state index contributed by atoms with van der Waals surface area (Å²) in [6, 6.07) is 13.7. The van der Waals surface area contributed by atoms with Gasteiger partial charge in [-0.2, -0.15) is 0 Å². The molecule has 0 saturated carbocycles. The first-order chi connectivity index (χ1) is 12.1. The second-order valence-corrected chi connectivity index (χ2v) is 6.25. The molecule has 124 valence electrons. The number of hydrogen-bond donors (Lipinski definition) is 1. The Bertz CT molecular complexity index is 1090. The van der Waals surface area contributed by atoms with E-state index in [1.54, 1.807) is 12.5 Å². The maximum atomic E-state index is 12.5. The van der Waals surface area contributed by atoms with Gasteiger partial charge in [0.1, 0.15) is 5.58 Å². The van der Waals surface area contributed by atoms with Crippen LogP contribution < -0.4 is 5.32 Å². The number of fused-ring (bicyclic) bond motifs is 2. The van der Waals surface area contributed by atoms with Crippen LogP contribution >= 0.6 is 0 Å². The molecule has 2 aromatic carbocycles. The lowest BCUT2D eigenvalue weighted by atomic mass is 10.0. The van der Waals surface area contributed by atoms with Crippen LogP contribution in [0.5, 0.6) is 0 Å². The maximum Gasteiger partial charge on any atom is 0.228 e. The molecule has 4 aromatic rings. The molecule has 0 bridgehead atoms. The maximum absolute atomic E-state index is 12.5. The number of carbonyl (C=O) groups excluding carboxylic acids is 1. The summed E-state index contributed by atoms with van der Waals surface area (Å²) < 4.78 is 5.69. The zero-order valence-corrected chi connectivity index (χ0v) is 14.2. The lowest BCUT2D eigenvalue weighted by Crippen LogP contribution is -2.14. The number of anilines is 1. The predicted octanol–water partition coefficient (Wildman–Crippen LogP) is 4.78. The second kappa shape index (κ2) is 6.06. The smallest absolute Gasteiger partial charge is 0.228 e. The number of nitrogens with one attached hydrogen (secondary N) is 1. The van der Waals surface area contributed by atoms with E-state index in [0.717, 1.165) is 38.7 Å². The predicted molar refractivity (Wildman–Crippen MR) is 99.8 cm³/mol. The van der Waals surface area contributed by atoms with Crippen molar-refractivity contribution in [2.45, 2.75) is 20.3 Å². The first-order valence-electron chi connectivity index (χ1n) is 8.23. The number of benzene rings is 2. The summed E-state index contributed by atoms with van der Waals surface area (Å²) in [5.74, 6) is -0.0842. The van der Waals surface area contributed by atoms with Crippen LogP contribution in [0.1, 0.15) is 16.7 Å². The van der Waals surface area contributed by atoms with E-state index in [4.69, 9.17) is 4.42 Å². The van der Waals surface area contributed by atoms with Crippen LogP contribution in [0.3, 0.4) is 0 Å². The van der Waals surface area contributed by atoms with E-state index in [0.29, 0.717) is 0 Å². The van der Waals surface area contributed by atoms with E-state index in [1.165, 1.54) is 5.56 Å². The van der Waals surface area contributed by atoms with Gasteiger partial charge in [0.05, 0.1) is 23.9 Å². The van der Waals surface area contributed by atoms with Crippen LogP contribution in [0, 0.1) is 13.8 Å². The highest BCUT2D eigenvalue weighted by molar-refractivity contribution is 6.02. The van der Waals surface area contributed by atoms with Gasteiger partial charge in [0.25, 0.3) is 0 Å². The quantitative estimate of drug-likeness (QED) is 0.588. The van der Waals surface area contributed by atoms with Crippen molar-refractivity contribution >= 4 is 33.5 Å². The van der Waals surface area contributed by atoms with Crippen molar-refractivity contribution in [3.63, 3.8) is 0 Å². The molecule has 0 saturated heterocycles. The average molecular weight is 330 g/mol. The molecule has 4 heteroatoms.